The normalized spacial score (nSPS) is 12.5. The summed E-state index contributed by atoms with van der Waals surface area (Å²) >= 11 is 0. The lowest BCUT2D eigenvalue weighted by Crippen LogP contribution is -2.44. The van der Waals surface area contributed by atoms with Gasteiger partial charge in [-0.05, 0) is 32.8 Å². The van der Waals surface area contributed by atoms with Gasteiger partial charge in [-0.3, -0.25) is 0 Å². The van der Waals surface area contributed by atoms with Crippen molar-refractivity contribution in [1.82, 2.24) is 10.6 Å². The summed E-state index contributed by atoms with van der Waals surface area (Å²) < 4.78 is 42.6. The Hall–Kier alpha value is -2.91. The molecule has 2 amide bonds. The lowest BCUT2D eigenvalue weighted by molar-refractivity contribution is -0.143. The van der Waals surface area contributed by atoms with Crippen molar-refractivity contribution >= 4 is 18.2 Å². The summed E-state index contributed by atoms with van der Waals surface area (Å²) in [7, 11) is 1.08. The third-order valence-electron chi connectivity index (χ3n) is 3.68. The number of carbonyl (C=O) groups is 3. The van der Waals surface area contributed by atoms with E-state index < -0.39 is 55.1 Å². The van der Waals surface area contributed by atoms with Crippen LogP contribution in [0.15, 0.2) is 30.3 Å². The van der Waals surface area contributed by atoms with E-state index in [-0.39, 0.29) is 6.61 Å². The van der Waals surface area contributed by atoms with E-state index in [0.717, 1.165) is 12.7 Å². The molecule has 0 saturated carbocycles. The highest BCUT2D eigenvalue weighted by Crippen LogP contribution is 2.21. The Morgan fingerprint density at radius 3 is 2.27 bits per heavy atom. The minimum Gasteiger partial charge on any atom is -0.467 e. The molecular weight excluding hydrogens is 402 g/mol. The van der Waals surface area contributed by atoms with Gasteiger partial charge in [0, 0.05) is 6.42 Å². The Balaban J connectivity index is 2.53. The number of alkyl halides is 2. The Labute approximate surface area is 174 Å². The van der Waals surface area contributed by atoms with Gasteiger partial charge in [0.25, 0.3) is 5.92 Å². The first-order chi connectivity index (χ1) is 13.9. The number of alkyl carbamates (subject to hydrolysis) is 2. The van der Waals surface area contributed by atoms with Gasteiger partial charge in [-0.25, -0.2) is 23.2 Å². The molecule has 0 fully saturated rings. The minimum atomic E-state index is -3.33. The molecule has 0 aliphatic heterocycles. The monoisotopic (exact) mass is 430 g/mol. The number of halogens is 2. The average molecular weight is 430 g/mol. The number of hydrogen-bond donors (Lipinski definition) is 2. The number of esters is 1. The molecule has 0 bridgehead atoms. The summed E-state index contributed by atoms with van der Waals surface area (Å²) in [6.45, 7) is 3.79. The summed E-state index contributed by atoms with van der Waals surface area (Å²) in [4.78, 5) is 35.3. The smallest absolute Gasteiger partial charge is 0.408 e. The van der Waals surface area contributed by atoms with Gasteiger partial charge >= 0.3 is 18.2 Å². The first-order valence-electron chi connectivity index (χ1n) is 9.31. The van der Waals surface area contributed by atoms with Crippen molar-refractivity contribution in [2.45, 2.75) is 57.8 Å². The second kappa shape index (κ2) is 11.3. The largest absolute Gasteiger partial charge is 0.467 e. The lowest BCUT2D eigenvalue weighted by atomic mass is 10.1. The van der Waals surface area contributed by atoms with Crippen LogP contribution in [-0.2, 0) is 25.6 Å². The first kappa shape index (κ1) is 25.1. The molecule has 2 N–H and O–H groups in total. The van der Waals surface area contributed by atoms with Gasteiger partial charge < -0.3 is 24.8 Å². The number of hydrogen-bond acceptors (Lipinski definition) is 6. The van der Waals surface area contributed by atoms with Gasteiger partial charge in [0.05, 0.1) is 13.7 Å². The van der Waals surface area contributed by atoms with Crippen molar-refractivity contribution < 1.29 is 37.4 Å². The minimum absolute atomic E-state index is 0.0451. The van der Waals surface area contributed by atoms with Crippen molar-refractivity contribution in [3.8, 4) is 0 Å². The quantitative estimate of drug-likeness (QED) is 0.460. The fourth-order valence-corrected chi connectivity index (χ4v) is 2.26. The summed E-state index contributed by atoms with van der Waals surface area (Å²) in [6, 6.07) is 7.48. The van der Waals surface area contributed by atoms with Crippen LogP contribution in [0.5, 0.6) is 0 Å². The highest BCUT2D eigenvalue weighted by atomic mass is 19.3. The van der Waals surface area contributed by atoms with E-state index in [1.165, 1.54) is 0 Å². The van der Waals surface area contributed by atoms with Crippen LogP contribution in [-0.4, -0.2) is 49.4 Å². The fourth-order valence-electron chi connectivity index (χ4n) is 2.26. The molecule has 0 aliphatic rings. The zero-order chi connectivity index (χ0) is 22.8. The van der Waals surface area contributed by atoms with Crippen LogP contribution < -0.4 is 10.6 Å². The number of amides is 2. The second-order valence-electron chi connectivity index (χ2n) is 7.53. The van der Waals surface area contributed by atoms with Crippen LogP contribution in [0.2, 0.25) is 0 Å². The predicted molar refractivity (Wildman–Crippen MR) is 104 cm³/mol. The molecule has 1 rings (SSSR count). The first-order valence-corrected chi connectivity index (χ1v) is 9.31. The maximum atomic E-state index is 14.1. The van der Waals surface area contributed by atoms with Crippen LogP contribution >= 0.6 is 0 Å². The Kier molecular flexibility index (Phi) is 9.48. The summed E-state index contributed by atoms with van der Waals surface area (Å²) in [5, 5.41) is 4.21. The van der Waals surface area contributed by atoms with E-state index in [0.29, 0.717) is 0 Å². The van der Waals surface area contributed by atoms with Gasteiger partial charge in [-0.15, -0.1) is 0 Å². The van der Waals surface area contributed by atoms with E-state index in [9.17, 15) is 23.2 Å². The molecule has 0 spiro atoms. The highest BCUT2D eigenvalue weighted by Gasteiger charge is 2.33. The standard InChI is InChI=1S/C20H28F2N2O6/c1-19(2,3)30-17(26)23-13-20(21,22)11-10-15(16(25)28-4)24-18(27)29-12-14-8-6-5-7-9-14/h5-9,15H,10-13H2,1-4H3,(H,23,26)(H,24,27)/t15-/m0/s1. The van der Waals surface area contributed by atoms with E-state index in [4.69, 9.17) is 9.47 Å². The number of benzene rings is 1. The summed E-state index contributed by atoms with van der Waals surface area (Å²) in [5.74, 6) is -4.22. The summed E-state index contributed by atoms with van der Waals surface area (Å²) in [5.41, 5.74) is -0.0960. The number of ether oxygens (including phenoxy) is 3. The molecule has 8 nitrogen and oxygen atoms in total. The van der Waals surface area contributed by atoms with Gasteiger partial charge in [-0.2, -0.15) is 0 Å². The van der Waals surface area contributed by atoms with E-state index in [2.05, 4.69) is 10.1 Å². The van der Waals surface area contributed by atoms with E-state index in [1.54, 1.807) is 51.1 Å². The number of carbonyl (C=O) groups excluding carboxylic acids is 3. The molecule has 1 aromatic rings. The van der Waals surface area contributed by atoms with Crippen LogP contribution in [0.1, 0.15) is 39.2 Å². The van der Waals surface area contributed by atoms with Gasteiger partial charge in [0.15, 0.2) is 0 Å². The Morgan fingerprint density at radius 1 is 1.07 bits per heavy atom. The number of methoxy groups -OCH3 is 1. The molecule has 10 heteroatoms. The maximum Gasteiger partial charge on any atom is 0.408 e. The van der Waals surface area contributed by atoms with Crippen molar-refractivity contribution in [3.63, 3.8) is 0 Å². The molecule has 1 aromatic carbocycles. The van der Waals surface area contributed by atoms with Gasteiger partial charge in [0.1, 0.15) is 18.2 Å². The van der Waals surface area contributed by atoms with E-state index in [1.807, 2.05) is 5.32 Å². The van der Waals surface area contributed by atoms with E-state index >= 15 is 0 Å². The van der Waals surface area contributed by atoms with Gasteiger partial charge in [0.2, 0.25) is 0 Å². The third kappa shape index (κ3) is 10.6. The topological polar surface area (TPSA) is 103 Å². The van der Waals surface area contributed by atoms with Crippen molar-refractivity contribution in [1.29, 1.82) is 0 Å². The number of nitrogens with one attached hydrogen (secondary N) is 2. The van der Waals surface area contributed by atoms with Gasteiger partial charge in [-0.1, -0.05) is 30.3 Å². The van der Waals surface area contributed by atoms with Crippen molar-refractivity contribution in [2.24, 2.45) is 0 Å². The van der Waals surface area contributed by atoms with Crippen LogP contribution in [0.25, 0.3) is 0 Å². The van der Waals surface area contributed by atoms with Crippen LogP contribution in [0.3, 0.4) is 0 Å². The molecule has 30 heavy (non-hydrogen) atoms. The zero-order valence-corrected chi connectivity index (χ0v) is 17.5. The summed E-state index contributed by atoms with van der Waals surface area (Å²) in [6.07, 6.45) is -3.13. The molecular formula is C20H28F2N2O6. The molecule has 0 heterocycles. The Bertz CT molecular complexity index is 707. The molecule has 0 radical (unpaired) electrons. The predicted octanol–water partition coefficient (Wildman–Crippen LogP) is 3.39. The maximum absolute atomic E-state index is 14.1. The third-order valence-corrected chi connectivity index (χ3v) is 3.68. The lowest BCUT2D eigenvalue weighted by Gasteiger charge is -2.23. The highest BCUT2D eigenvalue weighted by molar-refractivity contribution is 5.81. The van der Waals surface area contributed by atoms with Crippen molar-refractivity contribution in [2.75, 3.05) is 13.7 Å². The number of rotatable bonds is 9. The van der Waals surface area contributed by atoms with Crippen LogP contribution in [0, 0.1) is 0 Å². The fraction of sp³-hybridized carbons (Fsp3) is 0.550. The molecule has 0 aliphatic carbocycles. The average Bonchev–Trinajstić information content (AvgIpc) is 2.67. The zero-order valence-electron chi connectivity index (χ0n) is 17.5. The molecule has 0 saturated heterocycles. The molecule has 168 valence electrons. The van der Waals surface area contributed by atoms with Crippen LogP contribution in [0.4, 0.5) is 18.4 Å². The van der Waals surface area contributed by atoms with Crippen molar-refractivity contribution in [3.05, 3.63) is 35.9 Å². The SMILES string of the molecule is COC(=O)[C@H](CCC(F)(F)CNC(=O)OC(C)(C)C)NC(=O)OCc1ccccc1. The molecule has 1 atom stereocenters. The molecule has 0 aromatic heterocycles. The molecule has 0 unspecified atom stereocenters. The Morgan fingerprint density at radius 2 is 1.70 bits per heavy atom. The second-order valence-corrected chi connectivity index (χ2v) is 7.53.